The molecular formula is C27H28F3N7O. The summed E-state index contributed by atoms with van der Waals surface area (Å²) >= 11 is 0. The van der Waals surface area contributed by atoms with Gasteiger partial charge in [0.1, 0.15) is 5.82 Å². The van der Waals surface area contributed by atoms with Crippen molar-refractivity contribution in [3.05, 3.63) is 71.7 Å². The molecule has 1 aromatic carbocycles. The highest BCUT2D eigenvalue weighted by Crippen LogP contribution is 2.29. The van der Waals surface area contributed by atoms with E-state index in [1.54, 1.807) is 36.7 Å². The van der Waals surface area contributed by atoms with Crippen LogP contribution >= 0.6 is 0 Å². The number of carbonyl (C=O) groups excluding carboxylic acids is 1. The summed E-state index contributed by atoms with van der Waals surface area (Å²) in [6.07, 6.45) is 4.68. The third-order valence-corrected chi connectivity index (χ3v) is 5.84. The number of hydrogen-bond acceptors (Lipinski definition) is 6. The fourth-order valence-electron chi connectivity index (χ4n) is 3.94. The van der Waals surface area contributed by atoms with Gasteiger partial charge in [-0.1, -0.05) is 24.3 Å². The van der Waals surface area contributed by atoms with Crippen LogP contribution in [0, 0.1) is 11.8 Å². The average molecular weight is 524 g/mol. The molecule has 3 heterocycles. The van der Waals surface area contributed by atoms with Crippen LogP contribution in [0.2, 0.25) is 0 Å². The van der Waals surface area contributed by atoms with Gasteiger partial charge in [0.05, 0.1) is 11.1 Å². The SMILES string of the molecule is O=C(Nc1cccc(C#Cc2cnc(NCCCN3CCCCC3)nc2)c1)Nc1cc(C(F)(F)F)ccn1. The normalized spacial score (nSPS) is 13.8. The Balaban J connectivity index is 1.26. The second-order valence-electron chi connectivity index (χ2n) is 8.82. The molecule has 11 heteroatoms. The van der Waals surface area contributed by atoms with Crippen LogP contribution in [0.1, 0.15) is 42.4 Å². The van der Waals surface area contributed by atoms with Crippen LogP contribution in [0.4, 0.5) is 35.4 Å². The number of urea groups is 1. The van der Waals surface area contributed by atoms with Crippen LogP contribution in [0.25, 0.3) is 0 Å². The van der Waals surface area contributed by atoms with Crippen molar-refractivity contribution < 1.29 is 18.0 Å². The molecule has 2 aromatic heterocycles. The van der Waals surface area contributed by atoms with Gasteiger partial charge in [-0.05, 0) is 69.2 Å². The summed E-state index contributed by atoms with van der Waals surface area (Å²) in [7, 11) is 0. The van der Waals surface area contributed by atoms with Crippen molar-refractivity contribution in [3.63, 3.8) is 0 Å². The number of halogens is 3. The maximum Gasteiger partial charge on any atom is 0.416 e. The lowest BCUT2D eigenvalue weighted by atomic mass is 10.1. The number of amides is 2. The van der Waals surface area contributed by atoms with Gasteiger partial charge in [-0.3, -0.25) is 5.32 Å². The number of nitrogens with zero attached hydrogens (tertiary/aromatic N) is 4. The van der Waals surface area contributed by atoms with Crippen LogP contribution in [0.15, 0.2) is 55.0 Å². The minimum atomic E-state index is -4.53. The van der Waals surface area contributed by atoms with E-state index in [0.717, 1.165) is 37.8 Å². The smallest absolute Gasteiger partial charge is 0.354 e. The lowest BCUT2D eigenvalue weighted by molar-refractivity contribution is -0.137. The van der Waals surface area contributed by atoms with E-state index < -0.39 is 17.8 Å². The molecule has 38 heavy (non-hydrogen) atoms. The molecule has 198 valence electrons. The molecule has 2 amide bonds. The molecule has 8 nitrogen and oxygen atoms in total. The molecule has 1 aliphatic heterocycles. The first-order valence-corrected chi connectivity index (χ1v) is 12.4. The first-order chi connectivity index (χ1) is 18.3. The lowest BCUT2D eigenvalue weighted by Gasteiger charge is -2.26. The fraction of sp³-hybridized carbons (Fsp3) is 0.333. The minimum Gasteiger partial charge on any atom is -0.354 e. The van der Waals surface area contributed by atoms with Gasteiger partial charge in [-0.15, -0.1) is 0 Å². The number of hydrogen-bond donors (Lipinski definition) is 3. The number of pyridine rings is 1. The highest BCUT2D eigenvalue weighted by Gasteiger charge is 2.30. The topological polar surface area (TPSA) is 95.1 Å². The van der Waals surface area contributed by atoms with E-state index in [1.165, 1.54) is 32.4 Å². The minimum absolute atomic E-state index is 0.215. The summed E-state index contributed by atoms with van der Waals surface area (Å²) in [5, 5.41) is 8.10. The first kappa shape index (κ1) is 26.9. The molecular weight excluding hydrogens is 495 g/mol. The summed E-state index contributed by atoms with van der Waals surface area (Å²) in [5.41, 5.74) is 0.776. The van der Waals surface area contributed by atoms with E-state index in [0.29, 0.717) is 22.8 Å². The van der Waals surface area contributed by atoms with E-state index in [9.17, 15) is 18.0 Å². The summed E-state index contributed by atoms with van der Waals surface area (Å²) in [6, 6.07) is 7.62. The van der Waals surface area contributed by atoms with Crippen LogP contribution in [-0.2, 0) is 6.18 Å². The molecule has 0 unspecified atom stereocenters. The monoisotopic (exact) mass is 523 g/mol. The van der Waals surface area contributed by atoms with Crippen LogP contribution in [0.5, 0.6) is 0 Å². The standard InChI is InChI=1S/C27H28F3N7O/c28-27(29,30)22-10-12-31-24(17-22)36-26(38)35-23-7-4-6-20(16-23)8-9-21-18-33-25(34-19-21)32-11-5-15-37-13-2-1-3-14-37/h4,6-7,10,12,16-19H,1-3,5,11,13-15H2,(H,32,33,34)(H2,31,35,36,38). The zero-order valence-electron chi connectivity index (χ0n) is 20.7. The van der Waals surface area contributed by atoms with Crippen molar-refractivity contribution in [3.8, 4) is 11.8 Å². The van der Waals surface area contributed by atoms with Crippen molar-refractivity contribution >= 4 is 23.5 Å². The summed E-state index contributed by atoms with van der Waals surface area (Å²) in [6.45, 7) is 4.26. The fourth-order valence-corrected chi connectivity index (χ4v) is 3.94. The van der Waals surface area contributed by atoms with E-state index in [1.807, 2.05) is 0 Å². The lowest BCUT2D eigenvalue weighted by Crippen LogP contribution is -2.31. The molecule has 3 aromatic rings. The molecule has 1 fully saturated rings. The Kier molecular flexibility index (Phi) is 9.11. The van der Waals surface area contributed by atoms with E-state index in [4.69, 9.17) is 0 Å². The van der Waals surface area contributed by atoms with Crippen LogP contribution in [-0.4, -0.2) is 52.1 Å². The summed E-state index contributed by atoms with van der Waals surface area (Å²) < 4.78 is 38.6. The Hall–Kier alpha value is -4.17. The number of nitrogens with one attached hydrogen (secondary N) is 3. The van der Waals surface area contributed by atoms with Crippen molar-refractivity contribution in [2.45, 2.75) is 31.9 Å². The molecule has 0 bridgehead atoms. The quantitative estimate of drug-likeness (QED) is 0.290. The molecule has 1 aliphatic rings. The zero-order valence-corrected chi connectivity index (χ0v) is 20.7. The molecule has 0 spiro atoms. The Morgan fingerprint density at radius 1 is 0.947 bits per heavy atom. The number of aromatic nitrogens is 3. The Morgan fingerprint density at radius 3 is 2.47 bits per heavy atom. The van der Waals surface area contributed by atoms with Gasteiger partial charge in [-0.25, -0.2) is 19.7 Å². The Morgan fingerprint density at radius 2 is 1.71 bits per heavy atom. The predicted molar refractivity (Wildman–Crippen MR) is 140 cm³/mol. The molecule has 1 saturated heterocycles. The first-order valence-electron chi connectivity index (χ1n) is 12.4. The average Bonchev–Trinajstić information content (AvgIpc) is 2.91. The molecule has 0 radical (unpaired) electrons. The Labute approximate surface area is 219 Å². The third kappa shape index (κ3) is 8.45. The number of rotatable bonds is 7. The zero-order chi connectivity index (χ0) is 26.8. The number of benzene rings is 1. The second-order valence-corrected chi connectivity index (χ2v) is 8.82. The van der Waals surface area contributed by atoms with Gasteiger partial charge in [-0.2, -0.15) is 13.2 Å². The highest BCUT2D eigenvalue weighted by molar-refractivity contribution is 5.99. The maximum absolute atomic E-state index is 12.9. The maximum atomic E-state index is 12.9. The number of anilines is 3. The highest BCUT2D eigenvalue weighted by atomic mass is 19.4. The van der Waals surface area contributed by atoms with Crippen molar-refractivity contribution in [2.75, 3.05) is 42.1 Å². The number of piperidine rings is 1. The number of likely N-dealkylation sites (tertiary alicyclic amines) is 1. The summed E-state index contributed by atoms with van der Waals surface area (Å²) in [4.78, 5) is 27.1. The summed E-state index contributed by atoms with van der Waals surface area (Å²) in [5.74, 6) is 6.32. The van der Waals surface area contributed by atoms with Gasteiger partial charge in [0.2, 0.25) is 5.95 Å². The van der Waals surface area contributed by atoms with Crippen molar-refractivity contribution in [1.29, 1.82) is 0 Å². The second kappa shape index (κ2) is 12.9. The van der Waals surface area contributed by atoms with Gasteiger partial charge in [0.15, 0.2) is 0 Å². The Bertz CT molecular complexity index is 1280. The van der Waals surface area contributed by atoms with Crippen LogP contribution in [0.3, 0.4) is 0 Å². The molecule has 4 rings (SSSR count). The van der Waals surface area contributed by atoms with Crippen molar-refractivity contribution in [1.82, 2.24) is 19.9 Å². The number of carbonyl (C=O) groups is 1. The van der Waals surface area contributed by atoms with Crippen molar-refractivity contribution in [2.24, 2.45) is 0 Å². The molecule has 0 saturated carbocycles. The predicted octanol–water partition coefficient (Wildman–Crippen LogP) is 5.22. The molecule has 3 N–H and O–H groups in total. The molecule has 0 atom stereocenters. The van der Waals surface area contributed by atoms with Gasteiger partial charge in [0.25, 0.3) is 0 Å². The molecule has 0 aliphatic carbocycles. The van der Waals surface area contributed by atoms with E-state index in [-0.39, 0.29) is 5.82 Å². The van der Waals surface area contributed by atoms with Gasteiger partial charge < -0.3 is 15.5 Å². The number of alkyl halides is 3. The third-order valence-electron chi connectivity index (χ3n) is 5.84. The van der Waals surface area contributed by atoms with E-state index in [2.05, 4.69) is 47.6 Å². The van der Waals surface area contributed by atoms with Gasteiger partial charge in [0, 0.05) is 36.4 Å². The largest absolute Gasteiger partial charge is 0.416 e. The van der Waals surface area contributed by atoms with Crippen LogP contribution < -0.4 is 16.0 Å². The van der Waals surface area contributed by atoms with E-state index >= 15 is 0 Å². The van der Waals surface area contributed by atoms with Gasteiger partial charge >= 0.3 is 12.2 Å².